The van der Waals surface area contributed by atoms with Gasteiger partial charge in [-0.3, -0.25) is 4.99 Å². The fourth-order valence-electron chi connectivity index (χ4n) is 5.14. The van der Waals surface area contributed by atoms with Gasteiger partial charge in [0.15, 0.2) is 9.84 Å². The Morgan fingerprint density at radius 1 is 1.09 bits per heavy atom. The molecule has 9 heteroatoms. The van der Waals surface area contributed by atoms with E-state index in [0.29, 0.717) is 18.8 Å². The maximum absolute atomic E-state index is 13.2. The lowest BCUT2D eigenvalue weighted by Gasteiger charge is -2.48. The van der Waals surface area contributed by atoms with E-state index >= 15 is 0 Å². The van der Waals surface area contributed by atoms with E-state index in [1.165, 1.54) is 12.1 Å². The van der Waals surface area contributed by atoms with E-state index < -0.39 is 28.2 Å². The quantitative estimate of drug-likeness (QED) is 0.301. The van der Waals surface area contributed by atoms with E-state index in [-0.39, 0.29) is 17.0 Å². The molecule has 1 heterocycles. The van der Waals surface area contributed by atoms with E-state index in [0.717, 1.165) is 59.7 Å². The molecule has 3 nitrogen and oxygen atoms in total. The maximum Gasteiger partial charge on any atom is 0.390 e. The molecular weight excluding hydrogens is 486 g/mol. The second kappa shape index (κ2) is 10.2. The summed E-state index contributed by atoms with van der Waals surface area (Å²) >= 11 is 1.76. The van der Waals surface area contributed by atoms with Crippen molar-refractivity contribution in [3.63, 3.8) is 0 Å². The molecule has 0 aromatic heterocycles. The summed E-state index contributed by atoms with van der Waals surface area (Å²) in [5.74, 6) is -0.0746. The van der Waals surface area contributed by atoms with Crippen molar-refractivity contribution in [3.05, 3.63) is 59.1 Å². The smallest absolute Gasteiger partial charge is 0.251 e. The van der Waals surface area contributed by atoms with Crippen molar-refractivity contribution in [1.82, 2.24) is 0 Å². The molecule has 1 aromatic rings. The Labute approximate surface area is 202 Å². The topological polar surface area (TPSA) is 46.5 Å². The molecule has 186 valence electrons. The van der Waals surface area contributed by atoms with Crippen LogP contribution in [0.25, 0.3) is 0 Å². The highest BCUT2D eigenvalue weighted by Gasteiger charge is 2.46. The summed E-state index contributed by atoms with van der Waals surface area (Å²) in [4.78, 5) is 4.89. The zero-order valence-electron chi connectivity index (χ0n) is 18.9. The number of aliphatic imine (C=N–C) groups is 1. The summed E-state index contributed by atoms with van der Waals surface area (Å²) in [6.45, 7) is 0. The normalized spacial score (nSPS) is 25.8. The number of benzene rings is 1. The number of nitrogens with zero attached hydrogens (tertiary/aromatic N) is 1. The van der Waals surface area contributed by atoms with E-state index in [4.69, 9.17) is 4.99 Å². The fourth-order valence-corrected chi connectivity index (χ4v) is 7.68. The lowest BCUT2D eigenvalue weighted by molar-refractivity contribution is -0.129. The molecule has 1 saturated carbocycles. The average Bonchev–Trinajstić information content (AvgIpc) is 2.95. The van der Waals surface area contributed by atoms with Crippen LogP contribution < -0.4 is 0 Å². The van der Waals surface area contributed by atoms with Crippen LogP contribution in [0.3, 0.4) is 0 Å². The maximum atomic E-state index is 13.2. The minimum Gasteiger partial charge on any atom is -0.251 e. The van der Waals surface area contributed by atoms with Crippen LogP contribution in [0.4, 0.5) is 17.6 Å². The standard InChI is InChI=1S/C25H29F4NO2S2/c26-21-5-3-18(4-6-21)14-22-8-12-33-23(30-22)20-15-24(16-20)9-1-2-19(7-10-24)17-34(31,32)13-11-25(27,28)29/h2-6,8,20H,1,7,9-17H2. The number of alkyl halides is 3. The molecule has 3 aliphatic rings. The van der Waals surface area contributed by atoms with Gasteiger partial charge in [-0.15, -0.1) is 11.8 Å². The second-order valence-corrected chi connectivity index (χ2v) is 12.9. The molecule has 0 radical (unpaired) electrons. The van der Waals surface area contributed by atoms with Crippen LogP contribution in [-0.4, -0.2) is 36.9 Å². The SMILES string of the molecule is O=S(=O)(CCC(F)(F)F)CC1=CCCC2(CC1)CC(C1=NC(Cc3ccc(F)cc3)=CCS1)C2. The van der Waals surface area contributed by atoms with Crippen LogP contribution in [-0.2, 0) is 16.3 Å². The minimum atomic E-state index is -4.45. The predicted octanol–water partition coefficient (Wildman–Crippen LogP) is 6.66. The van der Waals surface area contributed by atoms with Gasteiger partial charge in [0, 0.05) is 23.8 Å². The van der Waals surface area contributed by atoms with Crippen molar-refractivity contribution in [3.8, 4) is 0 Å². The highest BCUT2D eigenvalue weighted by molar-refractivity contribution is 8.14. The number of sulfone groups is 1. The number of hydrogen-bond donors (Lipinski definition) is 0. The van der Waals surface area contributed by atoms with Gasteiger partial charge in [-0.05, 0) is 61.6 Å². The fraction of sp³-hybridized carbons (Fsp3) is 0.560. The Morgan fingerprint density at radius 2 is 1.82 bits per heavy atom. The van der Waals surface area contributed by atoms with Gasteiger partial charge >= 0.3 is 6.18 Å². The highest BCUT2D eigenvalue weighted by atomic mass is 32.2. The summed E-state index contributed by atoms with van der Waals surface area (Å²) in [7, 11) is -3.76. The molecule has 1 aliphatic heterocycles. The van der Waals surface area contributed by atoms with Gasteiger partial charge < -0.3 is 0 Å². The van der Waals surface area contributed by atoms with Crippen LogP contribution in [0.5, 0.6) is 0 Å². The summed E-state index contributed by atoms with van der Waals surface area (Å²) < 4.78 is 74.7. The van der Waals surface area contributed by atoms with Crippen molar-refractivity contribution in [1.29, 1.82) is 0 Å². The number of hydrogen-bond acceptors (Lipinski definition) is 4. The van der Waals surface area contributed by atoms with Crippen molar-refractivity contribution in [2.45, 2.75) is 57.5 Å². The molecule has 0 N–H and O–H groups in total. The zero-order valence-corrected chi connectivity index (χ0v) is 20.5. The van der Waals surface area contributed by atoms with Gasteiger partial charge in [0.25, 0.3) is 0 Å². The summed E-state index contributed by atoms with van der Waals surface area (Å²) in [5.41, 5.74) is 2.96. The van der Waals surface area contributed by atoms with Crippen LogP contribution in [0.15, 0.2) is 52.7 Å². The van der Waals surface area contributed by atoms with Crippen LogP contribution in [0.2, 0.25) is 0 Å². The van der Waals surface area contributed by atoms with Gasteiger partial charge in [0.2, 0.25) is 0 Å². The Morgan fingerprint density at radius 3 is 2.53 bits per heavy atom. The van der Waals surface area contributed by atoms with Crippen molar-refractivity contribution >= 4 is 26.6 Å². The molecule has 0 bridgehead atoms. The Hall–Kier alpha value is -1.61. The average molecular weight is 516 g/mol. The molecule has 34 heavy (non-hydrogen) atoms. The van der Waals surface area contributed by atoms with Crippen LogP contribution in [0.1, 0.15) is 50.5 Å². The molecule has 4 rings (SSSR count). The third kappa shape index (κ3) is 6.97. The number of allylic oxidation sites excluding steroid dienone is 2. The lowest BCUT2D eigenvalue weighted by atomic mass is 9.58. The molecular formula is C25H29F4NO2S2. The van der Waals surface area contributed by atoms with Gasteiger partial charge in [-0.2, -0.15) is 13.2 Å². The molecule has 0 amide bonds. The molecule has 1 fully saturated rings. The van der Waals surface area contributed by atoms with Crippen molar-refractivity contribution in [2.24, 2.45) is 16.3 Å². The first-order valence-electron chi connectivity index (χ1n) is 11.6. The Balaban J connectivity index is 1.29. The molecule has 0 unspecified atom stereocenters. The number of rotatable bonds is 7. The van der Waals surface area contributed by atoms with Gasteiger partial charge in [0.1, 0.15) is 5.82 Å². The molecule has 0 saturated heterocycles. The van der Waals surface area contributed by atoms with Crippen LogP contribution >= 0.6 is 11.8 Å². The third-order valence-electron chi connectivity index (χ3n) is 7.00. The highest BCUT2D eigenvalue weighted by Crippen LogP contribution is 2.55. The van der Waals surface area contributed by atoms with Gasteiger partial charge in [-0.1, -0.05) is 29.9 Å². The zero-order chi connectivity index (χ0) is 24.4. The van der Waals surface area contributed by atoms with Crippen molar-refractivity contribution in [2.75, 3.05) is 17.3 Å². The number of thioether (sulfide) groups is 1. The molecule has 1 spiro atoms. The lowest BCUT2D eigenvalue weighted by Crippen LogP contribution is -2.40. The van der Waals surface area contributed by atoms with E-state index in [1.807, 2.05) is 6.08 Å². The van der Waals surface area contributed by atoms with E-state index in [9.17, 15) is 26.0 Å². The Kier molecular flexibility index (Phi) is 7.62. The first kappa shape index (κ1) is 25.5. The molecule has 1 aromatic carbocycles. The summed E-state index contributed by atoms with van der Waals surface area (Å²) in [6, 6.07) is 6.49. The van der Waals surface area contributed by atoms with Crippen molar-refractivity contribution < 1.29 is 26.0 Å². The summed E-state index contributed by atoms with van der Waals surface area (Å²) in [6.07, 6.45) is 4.28. The largest absolute Gasteiger partial charge is 0.390 e. The monoisotopic (exact) mass is 515 g/mol. The Bertz CT molecular complexity index is 1080. The van der Waals surface area contributed by atoms with E-state index in [1.54, 1.807) is 23.9 Å². The summed E-state index contributed by atoms with van der Waals surface area (Å²) in [5, 5.41) is 1.15. The van der Waals surface area contributed by atoms with Gasteiger partial charge in [0.05, 0.1) is 23.0 Å². The second-order valence-electron chi connectivity index (χ2n) is 9.72. The molecule has 0 atom stereocenters. The predicted molar refractivity (Wildman–Crippen MR) is 129 cm³/mol. The first-order valence-corrected chi connectivity index (χ1v) is 14.4. The van der Waals surface area contributed by atoms with Gasteiger partial charge in [-0.25, -0.2) is 12.8 Å². The number of halogens is 4. The van der Waals surface area contributed by atoms with E-state index in [2.05, 4.69) is 6.08 Å². The van der Waals surface area contributed by atoms with Crippen LogP contribution in [0, 0.1) is 17.2 Å². The first-order chi connectivity index (χ1) is 16.0. The molecule has 2 aliphatic carbocycles. The minimum absolute atomic E-state index is 0.167. The third-order valence-corrected chi connectivity index (χ3v) is 9.69.